The first-order valence-electron chi connectivity index (χ1n) is 6.49. The van der Waals surface area contributed by atoms with Gasteiger partial charge in [-0.3, -0.25) is 0 Å². The molecule has 19 heavy (non-hydrogen) atoms. The van der Waals surface area contributed by atoms with Gasteiger partial charge in [-0.25, -0.2) is 9.97 Å². The van der Waals surface area contributed by atoms with E-state index in [1.165, 1.54) is 23.2 Å². The van der Waals surface area contributed by atoms with Crippen LogP contribution in [0.5, 0.6) is 0 Å². The molecule has 1 N–H and O–H groups in total. The third-order valence-corrected chi connectivity index (χ3v) is 4.49. The van der Waals surface area contributed by atoms with Gasteiger partial charge >= 0.3 is 0 Å². The maximum atomic E-state index is 4.67. The molecule has 0 unspecified atom stereocenters. The zero-order chi connectivity index (χ0) is 12.7. The number of hydrogen-bond acceptors (Lipinski definition) is 4. The summed E-state index contributed by atoms with van der Waals surface area (Å²) in [6, 6.07) is 10.5. The molecule has 0 aliphatic carbocycles. The molecule has 0 saturated carbocycles. The first-order valence-corrected chi connectivity index (χ1v) is 7.30. The average molecular weight is 267 g/mol. The van der Waals surface area contributed by atoms with Crippen LogP contribution in [0.4, 0.5) is 5.69 Å². The largest absolute Gasteiger partial charge is 0.385 e. The lowest BCUT2D eigenvalue weighted by molar-refractivity contribution is 0.830. The molecule has 0 saturated heterocycles. The van der Waals surface area contributed by atoms with Crippen LogP contribution in [0.15, 0.2) is 36.5 Å². The number of anilines is 1. The van der Waals surface area contributed by atoms with Crippen LogP contribution in [-0.4, -0.2) is 16.5 Å². The Morgan fingerprint density at radius 2 is 2.21 bits per heavy atom. The molecule has 3 nitrogen and oxygen atoms in total. The fourth-order valence-corrected chi connectivity index (χ4v) is 3.41. The van der Waals surface area contributed by atoms with Crippen LogP contribution in [0.25, 0.3) is 20.9 Å². The van der Waals surface area contributed by atoms with E-state index in [4.69, 9.17) is 0 Å². The van der Waals surface area contributed by atoms with Crippen LogP contribution >= 0.6 is 11.3 Å². The van der Waals surface area contributed by atoms with Crippen molar-refractivity contribution in [2.75, 3.05) is 11.9 Å². The third-order valence-electron chi connectivity index (χ3n) is 3.46. The van der Waals surface area contributed by atoms with Gasteiger partial charge in [0.1, 0.15) is 15.4 Å². The van der Waals surface area contributed by atoms with Gasteiger partial charge < -0.3 is 5.32 Å². The summed E-state index contributed by atoms with van der Waals surface area (Å²) in [4.78, 5) is 10.0. The van der Waals surface area contributed by atoms with E-state index in [1.54, 1.807) is 11.3 Å². The van der Waals surface area contributed by atoms with E-state index >= 15 is 0 Å². The van der Waals surface area contributed by atoms with E-state index in [-0.39, 0.29) is 0 Å². The molecule has 3 aromatic rings. The van der Waals surface area contributed by atoms with Crippen molar-refractivity contribution in [3.63, 3.8) is 0 Å². The predicted molar refractivity (Wildman–Crippen MR) is 79.7 cm³/mol. The molecule has 3 heterocycles. The number of pyridine rings is 1. The molecule has 94 valence electrons. The molecular weight excluding hydrogens is 254 g/mol. The maximum Gasteiger partial charge on any atom is 0.143 e. The van der Waals surface area contributed by atoms with Gasteiger partial charge in [0.25, 0.3) is 0 Å². The Bertz CT molecular complexity index is 715. The Morgan fingerprint density at radius 3 is 3.16 bits per heavy atom. The number of fused-ring (bicyclic) bond motifs is 2. The Labute approximate surface area is 115 Å². The topological polar surface area (TPSA) is 37.8 Å². The van der Waals surface area contributed by atoms with Crippen molar-refractivity contribution in [2.24, 2.45) is 0 Å². The van der Waals surface area contributed by atoms with Gasteiger partial charge in [0, 0.05) is 24.0 Å². The smallest absolute Gasteiger partial charge is 0.143 e. The van der Waals surface area contributed by atoms with Crippen LogP contribution in [0.1, 0.15) is 12.0 Å². The second-order valence-electron chi connectivity index (χ2n) is 4.75. The lowest BCUT2D eigenvalue weighted by Crippen LogP contribution is -2.11. The molecule has 0 radical (unpaired) electrons. The fourth-order valence-electron chi connectivity index (χ4n) is 2.50. The third kappa shape index (κ3) is 1.88. The lowest BCUT2D eigenvalue weighted by Gasteiger charge is -2.18. The molecule has 4 heteroatoms. The van der Waals surface area contributed by atoms with Crippen molar-refractivity contribution in [2.45, 2.75) is 12.8 Å². The number of nitrogens with zero attached hydrogens (tertiary/aromatic N) is 2. The number of benzene rings is 1. The monoisotopic (exact) mass is 267 g/mol. The van der Waals surface area contributed by atoms with E-state index in [0.29, 0.717) is 0 Å². The maximum absolute atomic E-state index is 4.67. The second-order valence-corrected chi connectivity index (χ2v) is 5.73. The molecule has 2 aromatic heterocycles. The molecule has 0 spiro atoms. The number of rotatable bonds is 1. The van der Waals surface area contributed by atoms with Crippen LogP contribution in [0.2, 0.25) is 0 Å². The molecule has 0 amide bonds. The highest BCUT2D eigenvalue weighted by atomic mass is 32.1. The minimum absolute atomic E-state index is 0.985. The summed E-state index contributed by atoms with van der Waals surface area (Å²) in [6.45, 7) is 1.08. The number of thiazole rings is 1. The first kappa shape index (κ1) is 10.9. The minimum Gasteiger partial charge on any atom is -0.385 e. The standard InChI is InChI=1S/C15H13N3S/c1-3-10-9-11(5-6-12(10)16-7-1)14-18-13-4-2-8-17-15(13)19-14/h2,4-6,8-9,16H,1,3,7H2. The number of aromatic nitrogens is 2. The van der Waals surface area contributed by atoms with Crippen molar-refractivity contribution >= 4 is 27.4 Å². The van der Waals surface area contributed by atoms with Crippen molar-refractivity contribution in [3.8, 4) is 10.6 Å². The zero-order valence-corrected chi connectivity index (χ0v) is 11.2. The lowest BCUT2D eigenvalue weighted by atomic mass is 10.0. The van der Waals surface area contributed by atoms with Crippen molar-refractivity contribution in [3.05, 3.63) is 42.1 Å². The normalized spacial score (nSPS) is 14.1. The summed E-state index contributed by atoms with van der Waals surface area (Å²) in [5.74, 6) is 0. The summed E-state index contributed by atoms with van der Waals surface area (Å²) in [7, 11) is 0. The van der Waals surface area contributed by atoms with Gasteiger partial charge in [0.2, 0.25) is 0 Å². The minimum atomic E-state index is 0.985. The van der Waals surface area contributed by atoms with Gasteiger partial charge in [-0.15, -0.1) is 0 Å². The summed E-state index contributed by atoms with van der Waals surface area (Å²) >= 11 is 1.66. The summed E-state index contributed by atoms with van der Waals surface area (Å²) < 4.78 is 0. The van der Waals surface area contributed by atoms with Gasteiger partial charge in [0.05, 0.1) is 0 Å². The summed E-state index contributed by atoms with van der Waals surface area (Å²) in [5, 5.41) is 4.50. The number of nitrogens with one attached hydrogen (secondary N) is 1. The van der Waals surface area contributed by atoms with E-state index in [9.17, 15) is 0 Å². The van der Waals surface area contributed by atoms with E-state index in [1.807, 2.05) is 18.3 Å². The van der Waals surface area contributed by atoms with Gasteiger partial charge in [-0.1, -0.05) is 11.3 Å². The highest BCUT2D eigenvalue weighted by Crippen LogP contribution is 2.32. The van der Waals surface area contributed by atoms with E-state index in [2.05, 4.69) is 33.5 Å². The summed E-state index contributed by atoms with van der Waals surface area (Å²) in [5.41, 5.74) is 4.86. The molecular formula is C15H13N3S. The highest BCUT2D eigenvalue weighted by molar-refractivity contribution is 7.21. The van der Waals surface area contributed by atoms with Crippen LogP contribution in [0.3, 0.4) is 0 Å². The quantitative estimate of drug-likeness (QED) is 0.730. The Morgan fingerprint density at radius 1 is 1.21 bits per heavy atom. The fraction of sp³-hybridized carbons (Fsp3) is 0.200. The van der Waals surface area contributed by atoms with Gasteiger partial charge in [-0.2, -0.15) is 0 Å². The Balaban J connectivity index is 1.83. The molecule has 0 atom stereocenters. The Hall–Kier alpha value is -1.94. The molecule has 1 aromatic carbocycles. The van der Waals surface area contributed by atoms with Gasteiger partial charge in [0.15, 0.2) is 0 Å². The second kappa shape index (κ2) is 4.31. The van der Waals surface area contributed by atoms with Crippen molar-refractivity contribution in [1.29, 1.82) is 0 Å². The molecule has 1 aliphatic rings. The Kier molecular flexibility index (Phi) is 2.48. The zero-order valence-electron chi connectivity index (χ0n) is 10.4. The van der Waals surface area contributed by atoms with Gasteiger partial charge in [-0.05, 0) is 48.7 Å². The number of hydrogen-bond donors (Lipinski definition) is 1. The number of aryl methyl sites for hydroxylation is 1. The van der Waals surface area contributed by atoms with Crippen LogP contribution in [-0.2, 0) is 6.42 Å². The summed E-state index contributed by atoms with van der Waals surface area (Å²) in [6.07, 6.45) is 4.18. The SMILES string of the molecule is c1cnc2sc(-c3ccc4c(c3)CCCN4)nc2c1. The predicted octanol–water partition coefficient (Wildman–Crippen LogP) is 3.72. The first-order chi connectivity index (χ1) is 9.40. The van der Waals surface area contributed by atoms with Crippen molar-refractivity contribution < 1.29 is 0 Å². The van der Waals surface area contributed by atoms with Crippen molar-refractivity contribution in [1.82, 2.24) is 9.97 Å². The molecule has 0 bridgehead atoms. The molecule has 0 fully saturated rings. The highest BCUT2D eigenvalue weighted by Gasteiger charge is 2.12. The average Bonchev–Trinajstić information content (AvgIpc) is 2.90. The van der Waals surface area contributed by atoms with E-state index < -0.39 is 0 Å². The molecule has 4 rings (SSSR count). The van der Waals surface area contributed by atoms with Crippen LogP contribution < -0.4 is 5.32 Å². The van der Waals surface area contributed by atoms with Crippen LogP contribution in [0, 0.1) is 0 Å². The van der Waals surface area contributed by atoms with E-state index in [0.717, 1.165) is 28.3 Å². The molecule has 1 aliphatic heterocycles.